The van der Waals surface area contributed by atoms with Crippen LogP contribution in [0.15, 0.2) is 39.0 Å². The SMILES string of the molecule is CNc1ccc(F)c(Br)c1SCc1cccs1.NNC=O. The van der Waals surface area contributed by atoms with Gasteiger partial charge < -0.3 is 5.32 Å². The topological polar surface area (TPSA) is 67.2 Å². The van der Waals surface area contributed by atoms with Gasteiger partial charge in [0, 0.05) is 28.3 Å². The number of carbonyl (C=O) groups is 1. The molecule has 0 unspecified atom stereocenters. The van der Waals surface area contributed by atoms with E-state index >= 15 is 0 Å². The standard InChI is InChI=1S/C12H11BrFNS2.CH4N2O/c1-15-10-5-4-9(14)11(13)12(10)17-7-8-3-2-6-16-8;2-3-1-4/h2-6,15H,7H2,1H3;1H,2H2,(H,3,4). The molecule has 1 aromatic carbocycles. The fourth-order valence-electron chi connectivity index (χ4n) is 1.41. The minimum atomic E-state index is -0.224. The molecule has 0 aliphatic rings. The summed E-state index contributed by atoms with van der Waals surface area (Å²) in [6, 6.07) is 7.34. The van der Waals surface area contributed by atoms with E-state index in [4.69, 9.17) is 4.79 Å². The van der Waals surface area contributed by atoms with Gasteiger partial charge in [-0.25, -0.2) is 10.2 Å². The van der Waals surface area contributed by atoms with E-state index < -0.39 is 0 Å². The van der Waals surface area contributed by atoms with Gasteiger partial charge in [-0.05, 0) is 39.5 Å². The molecule has 114 valence electrons. The summed E-state index contributed by atoms with van der Waals surface area (Å²) in [7, 11) is 1.84. The van der Waals surface area contributed by atoms with E-state index in [-0.39, 0.29) is 5.82 Å². The van der Waals surface area contributed by atoms with E-state index in [0.29, 0.717) is 10.9 Å². The van der Waals surface area contributed by atoms with Crippen molar-refractivity contribution in [3.8, 4) is 0 Å². The molecule has 8 heteroatoms. The number of nitrogens with two attached hydrogens (primary N) is 1. The molecule has 1 heterocycles. The molecule has 0 aliphatic heterocycles. The molecule has 2 aromatic rings. The number of hydrogen-bond donors (Lipinski definition) is 3. The van der Waals surface area contributed by atoms with Crippen LogP contribution in [0.4, 0.5) is 10.1 Å². The van der Waals surface area contributed by atoms with E-state index in [9.17, 15) is 4.39 Å². The summed E-state index contributed by atoms with van der Waals surface area (Å²) >= 11 is 6.65. The predicted molar refractivity (Wildman–Crippen MR) is 90.9 cm³/mol. The first kappa shape index (κ1) is 18.0. The number of thioether (sulfide) groups is 1. The lowest BCUT2D eigenvalue weighted by molar-refractivity contribution is -0.109. The molecule has 0 fully saturated rings. The van der Waals surface area contributed by atoms with E-state index in [2.05, 4.69) is 38.5 Å². The Morgan fingerprint density at radius 1 is 1.48 bits per heavy atom. The number of hydrazine groups is 1. The predicted octanol–water partition coefficient (Wildman–Crippen LogP) is 3.59. The van der Waals surface area contributed by atoms with Crippen molar-refractivity contribution >= 4 is 51.1 Å². The van der Waals surface area contributed by atoms with Crippen LogP contribution in [0.2, 0.25) is 0 Å². The van der Waals surface area contributed by atoms with Crippen molar-refractivity contribution in [3.05, 3.63) is 44.8 Å². The fourth-order valence-corrected chi connectivity index (χ4v) is 3.97. The van der Waals surface area contributed by atoms with Gasteiger partial charge in [-0.1, -0.05) is 6.07 Å². The zero-order chi connectivity index (χ0) is 15.7. The summed E-state index contributed by atoms with van der Waals surface area (Å²) in [4.78, 5) is 11.1. The second-order valence-corrected chi connectivity index (χ2v) is 6.45. The second kappa shape index (κ2) is 9.78. The maximum Gasteiger partial charge on any atom is 0.221 e. The molecule has 0 atom stereocenters. The zero-order valence-electron chi connectivity index (χ0n) is 11.2. The number of amides is 1. The van der Waals surface area contributed by atoms with Gasteiger partial charge in [0.25, 0.3) is 0 Å². The number of anilines is 1. The molecular weight excluding hydrogens is 377 g/mol. The Morgan fingerprint density at radius 3 is 2.71 bits per heavy atom. The molecule has 4 N–H and O–H groups in total. The van der Waals surface area contributed by atoms with E-state index in [1.165, 1.54) is 10.9 Å². The Kier molecular flexibility index (Phi) is 8.36. The summed E-state index contributed by atoms with van der Waals surface area (Å²) in [6.07, 6.45) is 0.403. The van der Waals surface area contributed by atoms with Crippen LogP contribution < -0.4 is 16.6 Å². The van der Waals surface area contributed by atoms with Crippen molar-refractivity contribution in [2.75, 3.05) is 12.4 Å². The largest absolute Gasteiger partial charge is 0.387 e. The average Bonchev–Trinajstić information content (AvgIpc) is 3.02. The van der Waals surface area contributed by atoms with Gasteiger partial charge in [-0.3, -0.25) is 10.2 Å². The van der Waals surface area contributed by atoms with Gasteiger partial charge in [0.05, 0.1) is 4.47 Å². The van der Waals surface area contributed by atoms with Gasteiger partial charge >= 0.3 is 0 Å². The maximum absolute atomic E-state index is 13.5. The van der Waals surface area contributed by atoms with Gasteiger partial charge in [0.15, 0.2) is 0 Å². The number of halogens is 2. The minimum Gasteiger partial charge on any atom is -0.387 e. The molecule has 21 heavy (non-hydrogen) atoms. The summed E-state index contributed by atoms with van der Waals surface area (Å²) in [6.45, 7) is 0. The Hall–Kier alpha value is -1.09. The monoisotopic (exact) mass is 391 g/mol. The third-order valence-corrected chi connectivity index (χ3v) is 5.59. The first-order chi connectivity index (χ1) is 10.1. The number of carbonyl (C=O) groups excluding carboxylic acids is 1. The van der Waals surface area contributed by atoms with Crippen molar-refractivity contribution in [1.29, 1.82) is 0 Å². The third kappa shape index (κ3) is 5.66. The highest BCUT2D eigenvalue weighted by molar-refractivity contribution is 9.10. The van der Waals surface area contributed by atoms with Crippen LogP contribution in [0, 0.1) is 5.82 Å². The molecule has 4 nitrogen and oxygen atoms in total. The average molecular weight is 392 g/mol. The Bertz CT molecular complexity index is 567. The minimum absolute atomic E-state index is 0.224. The first-order valence-corrected chi connectivity index (χ1v) is 8.50. The highest BCUT2D eigenvalue weighted by Crippen LogP contribution is 2.38. The molecule has 0 aliphatic carbocycles. The lowest BCUT2D eigenvalue weighted by Gasteiger charge is -2.11. The van der Waals surface area contributed by atoms with Crippen molar-refractivity contribution in [2.24, 2.45) is 5.84 Å². The molecule has 1 aromatic heterocycles. The lowest BCUT2D eigenvalue weighted by Crippen LogP contribution is -2.18. The van der Waals surface area contributed by atoms with Gasteiger partial charge in [0.2, 0.25) is 6.41 Å². The highest BCUT2D eigenvalue weighted by atomic mass is 79.9. The fraction of sp³-hybridized carbons (Fsp3) is 0.154. The number of hydrogen-bond acceptors (Lipinski definition) is 5. The maximum atomic E-state index is 13.5. The van der Waals surface area contributed by atoms with Crippen LogP contribution >= 0.6 is 39.0 Å². The summed E-state index contributed by atoms with van der Waals surface area (Å²) in [5.41, 5.74) is 2.69. The van der Waals surface area contributed by atoms with E-state index in [1.807, 2.05) is 13.1 Å². The molecule has 0 saturated carbocycles. The Balaban J connectivity index is 0.000000491. The quantitative estimate of drug-likeness (QED) is 0.239. The molecule has 1 amide bonds. The zero-order valence-corrected chi connectivity index (χ0v) is 14.4. The lowest BCUT2D eigenvalue weighted by atomic mass is 10.3. The first-order valence-electron chi connectivity index (χ1n) is 5.84. The highest BCUT2D eigenvalue weighted by Gasteiger charge is 2.11. The number of rotatable bonds is 5. The second-order valence-electron chi connectivity index (χ2n) is 3.64. The number of nitrogens with one attached hydrogen (secondary N) is 2. The summed E-state index contributed by atoms with van der Waals surface area (Å²) in [5, 5.41) is 5.13. The summed E-state index contributed by atoms with van der Waals surface area (Å²) in [5.74, 6) is 5.04. The molecule has 0 saturated heterocycles. The molecule has 0 spiro atoms. The van der Waals surface area contributed by atoms with Crippen molar-refractivity contribution in [2.45, 2.75) is 10.6 Å². The van der Waals surface area contributed by atoms with E-state index in [0.717, 1.165) is 16.3 Å². The van der Waals surface area contributed by atoms with Crippen molar-refractivity contribution < 1.29 is 9.18 Å². The Labute approximate surface area is 139 Å². The van der Waals surface area contributed by atoms with Crippen LogP contribution in [-0.2, 0) is 10.5 Å². The molecule has 0 radical (unpaired) electrons. The number of thiophene rings is 1. The van der Waals surface area contributed by atoms with Crippen molar-refractivity contribution in [1.82, 2.24) is 5.43 Å². The van der Waals surface area contributed by atoms with Crippen LogP contribution in [0.5, 0.6) is 0 Å². The van der Waals surface area contributed by atoms with Gasteiger partial charge in [0.1, 0.15) is 5.82 Å². The molecular formula is C13H15BrFN3OS2. The van der Waals surface area contributed by atoms with E-state index in [1.54, 1.807) is 34.6 Å². The Morgan fingerprint density at radius 2 is 2.19 bits per heavy atom. The molecule has 2 rings (SSSR count). The third-order valence-electron chi connectivity index (χ3n) is 2.33. The smallest absolute Gasteiger partial charge is 0.221 e. The van der Waals surface area contributed by atoms with Crippen molar-refractivity contribution in [3.63, 3.8) is 0 Å². The summed E-state index contributed by atoms with van der Waals surface area (Å²) < 4.78 is 14.0. The van der Waals surface area contributed by atoms with Crippen LogP contribution in [0.3, 0.4) is 0 Å². The normalized spacial score (nSPS) is 9.52. The van der Waals surface area contributed by atoms with Gasteiger partial charge in [-0.2, -0.15) is 0 Å². The number of benzene rings is 1. The van der Waals surface area contributed by atoms with Crippen LogP contribution in [0.25, 0.3) is 0 Å². The van der Waals surface area contributed by atoms with Crippen LogP contribution in [0.1, 0.15) is 4.88 Å². The van der Waals surface area contributed by atoms with Gasteiger partial charge in [-0.15, -0.1) is 23.1 Å². The van der Waals surface area contributed by atoms with Crippen LogP contribution in [-0.4, -0.2) is 13.5 Å². The molecule has 0 bridgehead atoms.